The van der Waals surface area contributed by atoms with Gasteiger partial charge < -0.3 is 5.32 Å². The van der Waals surface area contributed by atoms with Crippen LogP contribution in [-0.2, 0) is 0 Å². The monoisotopic (exact) mass is 213 g/mol. The fraction of sp³-hybridized carbons (Fsp3) is 0.308. The number of H-pyrrole nitrogens is 1. The average Bonchev–Trinajstić information content (AvgIpc) is 2.75. The van der Waals surface area contributed by atoms with E-state index < -0.39 is 0 Å². The van der Waals surface area contributed by atoms with Gasteiger partial charge in [-0.2, -0.15) is 5.10 Å². The number of para-hydroxylation sites is 1. The molecule has 0 radical (unpaired) electrons. The Hall–Kier alpha value is -1.61. The maximum atomic E-state index is 4.40. The summed E-state index contributed by atoms with van der Waals surface area (Å²) in [5, 5.41) is 12.2. The number of aromatic amines is 1. The molecule has 3 heteroatoms. The highest BCUT2D eigenvalue weighted by Crippen LogP contribution is 2.25. The molecule has 0 atom stereocenters. The summed E-state index contributed by atoms with van der Waals surface area (Å²) in [6, 6.07) is 6.32. The third kappa shape index (κ3) is 1.44. The van der Waals surface area contributed by atoms with E-state index >= 15 is 0 Å². The van der Waals surface area contributed by atoms with Gasteiger partial charge >= 0.3 is 0 Å². The number of rotatable bonds is 1. The Kier molecular flexibility index (Phi) is 2.26. The Morgan fingerprint density at radius 1 is 1.31 bits per heavy atom. The molecule has 1 aliphatic heterocycles. The maximum absolute atomic E-state index is 4.40. The summed E-state index contributed by atoms with van der Waals surface area (Å²) in [7, 11) is 0. The topological polar surface area (TPSA) is 40.7 Å². The minimum Gasteiger partial charge on any atom is -0.312 e. The van der Waals surface area contributed by atoms with Gasteiger partial charge in [-0.25, -0.2) is 0 Å². The summed E-state index contributed by atoms with van der Waals surface area (Å²) in [6.45, 7) is 4.11. The Labute approximate surface area is 94.6 Å². The van der Waals surface area contributed by atoms with Crippen molar-refractivity contribution in [2.75, 3.05) is 13.1 Å². The molecule has 0 spiro atoms. The summed E-state index contributed by atoms with van der Waals surface area (Å²) < 4.78 is 0. The summed E-state index contributed by atoms with van der Waals surface area (Å²) in [5.74, 6) is 0. The van der Waals surface area contributed by atoms with Crippen molar-refractivity contribution in [1.29, 1.82) is 0 Å². The molecule has 0 saturated carbocycles. The van der Waals surface area contributed by atoms with Crippen molar-refractivity contribution in [3.8, 4) is 0 Å². The van der Waals surface area contributed by atoms with Gasteiger partial charge in [0.2, 0.25) is 0 Å². The zero-order valence-corrected chi connectivity index (χ0v) is 9.38. The molecular formula is C13H15N3. The Bertz CT molecular complexity index is 551. The molecule has 1 aromatic heterocycles. The number of hydrogen-bond acceptors (Lipinski definition) is 2. The molecule has 1 aliphatic rings. The van der Waals surface area contributed by atoms with E-state index in [-0.39, 0.29) is 0 Å². The fourth-order valence-electron chi connectivity index (χ4n) is 2.26. The first-order valence-corrected chi connectivity index (χ1v) is 5.70. The van der Waals surface area contributed by atoms with Crippen molar-refractivity contribution < 1.29 is 0 Å². The number of fused-ring (bicyclic) bond motifs is 1. The van der Waals surface area contributed by atoms with Gasteiger partial charge in [-0.05, 0) is 31.0 Å². The largest absolute Gasteiger partial charge is 0.312 e. The van der Waals surface area contributed by atoms with Crippen LogP contribution in [0.5, 0.6) is 0 Å². The van der Waals surface area contributed by atoms with Crippen molar-refractivity contribution in [1.82, 2.24) is 15.5 Å². The van der Waals surface area contributed by atoms with Crippen LogP contribution < -0.4 is 5.32 Å². The predicted octanol–water partition coefficient (Wildman–Crippen LogP) is 2.25. The highest BCUT2D eigenvalue weighted by molar-refractivity contribution is 5.92. The Balaban J connectivity index is 2.17. The van der Waals surface area contributed by atoms with Crippen LogP contribution >= 0.6 is 0 Å². The zero-order valence-electron chi connectivity index (χ0n) is 9.38. The van der Waals surface area contributed by atoms with Crippen molar-refractivity contribution in [3.63, 3.8) is 0 Å². The number of nitrogens with one attached hydrogen (secondary N) is 2. The number of hydrogen-bond donors (Lipinski definition) is 2. The molecule has 2 aromatic rings. The second-order valence-electron chi connectivity index (χ2n) is 4.26. The fourth-order valence-corrected chi connectivity index (χ4v) is 2.26. The third-order valence-corrected chi connectivity index (χ3v) is 3.14. The molecule has 0 bridgehead atoms. The van der Waals surface area contributed by atoms with Crippen LogP contribution in [0.2, 0.25) is 0 Å². The molecule has 0 saturated heterocycles. The molecule has 0 fully saturated rings. The summed E-state index contributed by atoms with van der Waals surface area (Å²) >= 11 is 0. The lowest BCUT2D eigenvalue weighted by Crippen LogP contribution is -2.21. The lowest BCUT2D eigenvalue weighted by molar-refractivity contribution is 0.737. The minimum atomic E-state index is 0.936. The second-order valence-corrected chi connectivity index (χ2v) is 4.26. The highest BCUT2D eigenvalue weighted by atomic mass is 15.1. The highest BCUT2D eigenvalue weighted by Gasteiger charge is 2.12. The summed E-state index contributed by atoms with van der Waals surface area (Å²) in [4.78, 5) is 0. The molecule has 0 amide bonds. The Morgan fingerprint density at radius 3 is 3.06 bits per heavy atom. The van der Waals surface area contributed by atoms with Gasteiger partial charge in [0.15, 0.2) is 0 Å². The van der Waals surface area contributed by atoms with Crippen LogP contribution in [0.25, 0.3) is 16.5 Å². The molecule has 1 aromatic carbocycles. The van der Waals surface area contributed by atoms with Gasteiger partial charge in [0, 0.05) is 11.9 Å². The van der Waals surface area contributed by atoms with E-state index in [2.05, 4.69) is 46.7 Å². The van der Waals surface area contributed by atoms with E-state index in [0.717, 1.165) is 25.0 Å². The van der Waals surface area contributed by atoms with Crippen LogP contribution in [-0.4, -0.2) is 23.3 Å². The van der Waals surface area contributed by atoms with Gasteiger partial charge in [-0.15, -0.1) is 0 Å². The smallest absolute Gasteiger partial charge is 0.0956 e. The average molecular weight is 213 g/mol. The van der Waals surface area contributed by atoms with Gasteiger partial charge in [0.05, 0.1) is 11.2 Å². The first-order valence-electron chi connectivity index (χ1n) is 5.70. The van der Waals surface area contributed by atoms with Crippen molar-refractivity contribution in [2.24, 2.45) is 0 Å². The quantitative estimate of drug-likeness (QED) is 0.762. The van der Waals surface area contributed by atoms with Crippen LogP contribution in [0, 0.1) is 6.92 Å². The second kappa shape index (κ2) is 3.76. The molecule has 3 rings (SSSR count). The molecule has 16 heavy (non-hydrogen) atoms. The molecule has 3 nitrogen and oxygen atoms in total. The first-order chi connectivity index (χ1) is 7.86. The summed E-state index contributed by atoms with van der Waals surface area (Å²) in [5.41, 5.74) is 4.82. The lowest BCUT2D eigenvalue weighted by atomic mass is 10.0. The molecule has 2 heterocycles. The van der Waals surface area contributed by atoms with E-state index in [1.54, 1.807) is 0 Å². The van der Waals surface area contributed by atoms with E-state index in [1.165, 1.54) is 22.2 Å². The van der Waals surface area contributed by atoms with Crippen LogP contribution in [0.15, 0.2) is 24.3 Å². The zero-order chi connectivity index (χ0) is 11.0. The van der Waals surface area contributed by atoms with Gasteiger partial charge in [0.25, 0.3) is 0 Å². The van der Waals surface area contributed by atoms with Crippen LogP contribution in [0.1, 0.15) is 17.7 Å². The Morgan fingerprint density at radius 2 is 2.25 bits per heavy atom. The molecule has 0 unspecified atom stereocenters. The molecule has 82 valence electrons. The van der Waals surface area contributed by atoms with Crippen molar-refractivity contribution in [2.45, 2.75) is 13.3 Å². The number of benzene rings is 1. The SMILES string of the molecule is Cc1cccc2c(C3=CCCNC3)[nH]nc12. The van der Waals surface area contributed by atoms with Gasteiger partial charge in [-0.3, -0.25) is 5.10 Å². The normalized spacial score (nSPS) is 16.4. The summed E-state index contributed by atoms with van der Waals surface area (Å²) in [6.07, 6.45) is 3.40. The van der Waals surface area contributed by atoms with E-state index in [4.69, 9.17) is 0 Å². The van der Waals surface area contributed by atoms with E-state index in [1.807, 2.05) is 0 Å². The van der Waals surface area contributed by atoms with Crippen LogP contribution in [0.3, 0.4) is 0 Å². The van der Waals surface area contributed by atoms with Crippen molar-refractivity contribution in [3.05, 3.63) is 35.5 Å². The standard InChI is InChI=1S/C13H15N3/c1-9-4-2-6-11-12(9)15-16-13(11)10-5-3-7-14-8-10/h2,4-6,14H,3,7-8H2,1H3,(H,15,16). The molecule has 0 aliphatic carbocycles. The third-order valence-electron chi connectivity index (χ3n) is 3.14. The van der Waals surface area contributed by atoms with Crippen LogP contribution in [0.4, 0.5) is 0 Å². The number of aromatic nitrogens is 2. The van der Waals surface area contributed by atoms with Gasteiger partial charge in [0.1, 0.15) is 0 Å². The molecule has 2 N–H and O–H groups in total. The predicted molar refractivity (Wildman–Crippen MR) is 66.3 cm³/mol. The van der Waals surface area contributed by atoms with E-state index in [0.29, 0.717) is 0 Å². The number of nitrogens with zero attached hydrogens (tertiary/aromatic N) is 1. The molecular weight excluding hydrogens is 198 g/mol. The van der Waals surface area contributed by atoms with Gasteiger partial charge in [-0.1, -0.05) is 24.3 Å². The first kappa shape index (κ1) is 9.60. The van der Waals surface area contributed by atoms with Crippen molar-refractivity contribution >= 4 is 16.5 Å². The van der Waals surface area contributed by atoms with E-state index in [9.17, 15) is 0 Å². The number of aryl methyl sites for hydroxylation is 1. The minimum absolute atomic E-state index is 0.936. The maximum Gasteiger partial charge on any atom is 0.0956 e. The lowest BCUT2D eigenvalue weighted by Gasteiger charge is -2.12.